The second-order valence-corrected chi connectivity index (χ2v) is 11.8. The van der Waals surface area contributed by atoms with Crippen molar-refractivity contribution in [1.29, 1.82) is 0 Å². The van der Waals surface area contributed by atoms with Gasteiger partial charge in [-0.1, -0.05) is 5.16 Å². The fourth-order valence-corrected chi connectivity index (χ4v) is 6.12. The van der Waals surface area contributed by atoms with E-state index < -0.39 is 63.5 Å². The topological polar surface area (TPSA) is 183 Å². The number of aldehydes is 1. The molecule has 208 valence electrons. The monoisotopic (exact) mass is 599 g/mol. The summed E-state index contributed by atoms with van der Waals surface area (Å²) in [5.41, 5.74) is -0.995. The molecule has 0 aromatic carbocycles. The van der Waals surface area contributed by atoms with Gasteiger partial charge in [-0.2, -0.15) is 0 Å². The summed E-state index contributed by atoms with van der Waals surface area (Å²) in [4.78, 5) is 71.5. The number of allylic oxidation sites excluding steroid dienone is 1. The Hall–Kier alpha value is -3.31. The van der Waals surface area contributed by atoms with Crippen LogP contribution in [0.5, 0.6) is 0 Å². The number of oxime groups is 1. The van der Waals surface area contributed by atoms with Gasteiger partial charge in [-0.15, -0.1) is 22.9 Å². The van der Waals surface area contributed by atoms with Crippen LogP contribution in [-0.2, 0) is 44.2 Å². The van der Waals surface area contributed by atoms with Crippen molar-refractivity contribution in [3.8, 4) is 0 Å². The van der Waals surface area contributed by atoms with Crippen molar-refractivity contribution in [2.75, 3.05) is 16.9 Å². The fourth-order valence-electron chi connectivity index (χ4n) is 3.39. The summed E-state index contributed by atoms with van der Waals surface area (Å²) >= 11 is 6.75. The first-order valence-electron chi connectivity index (χ1n) is 11.2. The van der Waals surface area contributed by atoms with Crippen LogP contribution in [0, 0.1) is 0 Å². The van der Waals surface area contributed by atoms with Gasteiger partial charge in [0.2, 0.25) is 6.10 Å². The summed E-state index contributed by atoms with van der Waals surface area (Å²) in [6.45, 7) is 6.27. The Labute approximate surface area is 235 Å². The van der Waals surface area contributed by atoms with Crippen LogP contribution < -0.4 is 10.6 Å². The van der Waals surface area contributed by atoms with Gasteiger partial charge in [0.15, 0.2) is 17.1 Å². The van der Waals surface area contributed by atoms with Crippen molar-refractivity contribution in [2.45, 2.75) is 50.8 Å². The Morgan fingerprint density at radius 2 is 2.10 bits per heavy atom. The number of nitrogens with one attached hydrogen (secondary N) is 2. The van der Waals surface area contributed by atoms with Crippen LogP contribution in [0.2, 0.25) is 0 Å². The quantitative estimate of drug-likeness (QED) is 0.100. The van der Waals surface area contributed by atoms with Gasteiger partial charge >= 0.3 is 20.1 Å². The average molecular weight is 600 g/mol. The highest BCUT2D eigenvalue weighted by Crippen LogP contribution is 2.34. The lowest BCUT2D eigenvalue weighted by Gasteiger charge is -2.48. The molecule has 14 nitrogen and oxygen atoms in total. The number of carbonyl (C=O) groups is 5. The fraction of sp³-hybridized carbons (Fsp3) is 0.476. The zero-order valence-corrected chi connectivity index (χ0v) is 23.5. The van der Waals surface area contributed by atoms with Crippen molar-refractivity contribution in [2.24, 2.45) is 5.16 Å². The Morgan fingerprint density at radius 3 is 2.69 bits per heavy atom. The third-order valence-electron chi connectivity index (χ3n) is 5.13. The molecular formula is C21H23BClN5O9S2. The van der Waals surface area contributed by atoms with Gasteiger partial charge in [0.05, 0.1) is 22.2 Å². The molecule has 2 aliphatic rings. The van der Waals surface area contributed by atoms with Crippen LogP contribution in [0.25, 0.3) is 0 Å². The van der Waals surface area contributed by atoms with E-state index in [-0.39, 0.29) is 28.2 Å². The number of alkyl halides is 1. The first kappa shape index (κ1) is 30.2. The Balaban J connectivity index is 1.84. The van der Waals surface area contributed by atoms with Crippen molar-refractivity contribution in [3.05, 3.63) is 22.3 Å². The van der Waals surface area contributed by atoms with E-state index in [4.69, 9.17) is 29.2 Å². The number of aromatic nitrogens is 1. The maximum Gasteiger partial charge on any atom is 0.413 e. The SMILES string of the molecule is [B]OC(=O)[C@H](C)O/N=C(\C(=O)N[C@@H]1C(=O)N2C(C=O)=C(CCl)CS(=O)[C@H]12)c1csc(NC(=O)OC(C)(C)C)n1. The van der Waals surface area contributed by atoms with E-state index >= 15 is 0 Å². The number of thiazole rings is 1. The molecule has 4 atom stereocenters. The number of halogens is 1. The second-order valence-electron chi connectivity index (χ2n) is 9.10. The lowest BCUT2D eigenvalue weighted by molar-refractivity contribution is -0.146. The smallest absolute Gasteiger partial charge is 0.413 e. The van der Waals surface area contributed by atoms with Crippen molar-refractivity contribution < 1.29 is 42.4 Å². The molecule has 3 heterocycles. The zero-order chi connectivity index (χ0) is 29.1. The van der Waals surface area contributed by atoms with Gasteiger partial charge in [-0.05, 0) is 33.3 Å². The van der Waals surface area contributed by atoms with E-state index in [9.17, 15) is 28.2 Å². The Bertz CT molecular complexity index is 1280. The number of fused-ring (bicyclic) bond motifs is 1. The lowest BCUT2D eigenvalue weighted by atomic mass is 10.0. The maximum atomic E-state index is 13.2. The number of anilines is 1. The first-order chi connectivity index (χ1) is 18.3. The average Bonchev–Trinajstić information content (AvgIpc) is 3.32. The van der Waals surface area contributed by atoms with Gasteiger partial charge in [-0.3, -0.25) is 28.8 Å². The summed E-state index contributed by atoms with van der Waals surface area (Å²) in [6, 6.07) is -1.26. The maximum absolute atomic E-state index is 13.2. The standard InChI is InChI=1S/C21H23BClN5O9S2/c1-9(18(32)36-22)37-27-13(11-7-38-19(24-11)26-20(33)35-21(2,3)4)15(30)25-14-16(31)28-12(6-29)10(5-23)8-39(34)17(14)28/h6-7,9,14,17H,5,8H2,1-4H3,(H,25,30)(H,24,26,33)/b27-13-/t9-,14+,17+,39?/m0/s1. The molecule has 1 aromatic rings. The molecule has 0 spiro atoms. The largest absolute Gasteiger partial charge is 0.541 e. The summed E-state index contributed by atoms with van der Waals surface area (Å²) in [5, 5.41) is 8.93. The molecule has 1 saturated heterocycles. The summed E-state index contributed by atoms with van der Waals surface area (Å²) in [6.07, 6.45) is -1.67. The summed E-state index contributed by atoms with van der Waals surface area (Å²) < 4.78 is 22.0. The molecular weight excluding hydrogens is 577 g/mol. The third-order valence-corrected chi connectivity index (χ3v) is 7.87. The van der Waals surface area contributed by atoms with Gasteiger partial charge in [0, 0.05) is 11.3 Å². The van der Waals surface area contributed by atoms with E-state index in [2.05, 4.69) is 25.4 Å². The first-order valence-corrected chi connectivity index (χ1v) is 14.0. The minimum atomic E-state index is -1.67. The predicted octanol–water partition coefficient (Wildman–Crippen LogP) is 0.333. The van der Waals surface area contributed by atoms with Crippen LogP contribution in [0.15, 0.2) is 21.8 Å². The number of carbonyl (C=O) groups excluding carboxylic acids is 5. The number of nitrogens with zero attached hydrogens (tertiary/aromatic N) is 3. The molecule has 1 aromatic heterocycles. The summed E-state index contributed by atoms with van der Waals surface area (Å²) in [7, 11) is 3.17. The minimum Gasteiger partial charge on any atom is -0.541 e. The minimum absolute atomic E-state index is 0.00815. The second kappa shape index (κ2) is 12.3. The number of amides is 3. The van der Waals surface area contributed by atoms with Crippen LogP contribution >= 0.6 is 22.9 Å². The van der Waals surface area contributed by atoms with Gasteiger partial charge < -0.3 is 19.5 Å². The predicted molar refractivity (Wildman–Crippen MR) is 140 cm³/mol. The Kier molecular flexibility index (Phi) is 9.50. The van der Waals surface area contributed by atoms with E-state index in [1.807, 2.05) is 0 Å². The van der Waals surface area contributed by atoms with Gasteiger partial charge in [0.25, 0.3) is 11.8 Å². The molecule has 18 heteroatoms. The normalized spacial score (nSPS) is 21.8. The van der Waals surface area contributed by atoms with Crippen LogP contribution in [0.3, 0.4) is 0 Å². The molecule has 2 N–H and O–H groups in total. The number of ether oxygens (including phenoxy) is 1. The van der Waals surface area contributed by atoms with E-state index in [0.29, 0.717) is 11.9 Å². The van der Waals surface area contributed by atoms with Gasteiger partial charge in [-0.25, -0.2) is 14.6 Å². The van der Waals surface area contributed by atoms with E-state index in [1.54, 1.807) is 20.8 Å². The molecule has 1 unspecified atom stereocenters. The highest BCUT2D eigenvalue weighted by Gasteiger charge is 2.55. The number of rotatable bonds is 9. The molecule has 2 aliphatic heterocycles. The molecule has 39 heavy (non-hydrogen) atoms. The molecule has 0 saturated carbocycles. The van der Waals surface area contributed by atoms with Crippen molar-refractivity contribution >= 4 is 82.8 Å². The number of hydrogen-bond donors (Lipinski definition) is 2. The molecule has 3 amide bonds. The molecule has 0 aliphatic carbocycles. The molecule has 1 fully saturated rings. The molecule has 2 radical (unpaired) electrons. The van der Waals surface area contributed by atoms with Crippen LogP contribution in [0.1, 0.15) is 33.4 Å². The number of β-lactam (4-membered cyclic amide) rings is 1. The van der Waals surface area contributed by atoms with Crippen molar-refractivity contribution in [1.82, 2.24) is 15.2 Å². The van der Waals surface area contributed by atoms with Crippen LogP contribution in [0.4, 0.5) is 9.93 Å². The van der Waals surface area contributed by atoms with Crippen LogP contribution in [-0.4, -0.2) is 92.8 Å². The van der Waals surface area contributed by atoms with E-state index in [0.717, 1.165) is 16.2 Å². The highest BCUT2D eigenvalue weighted by molar-refractivity contribution is 7.86. The van der Waals surface area contributed by atoms with Crippen molar-refractivity contribution in [3.63, 3.8) is 0 Å². The van der Waals surface area contributed by atoms with E-state index in [1.165, 1.54) is 12.3 Å². The summed E-state index contributed by atoms with van der Waals surface area (Å²) in [5.74, 6) is -2.79. The Morgan fingerprint density at radius 1 is 1.41 bits per heavy atom. The zero-order valence-electron chi connectivity index (χ0n) is 21.1. The van der Waals surface area contributed by atoms with Gasteiger partial charge in [0.1, 0.15) is 22.7 Å². The lowest BCUT2D eigenvalue weighted by Crippen LogP contribution is -2.73. The number of hydrogen-bond acceptors (Lipinski definition) is 12. The third kappa shape index (κ3) is 6.83. The molecule has 3 rings (SSSR count). The molecule has 0 bridgehead atoms. The highest BCUT2D eigenvalue weighted by atomic mass is 35.5.